The molecule has 0 amide bonds. The summed E-state index contributed by atoms with van der Waals surface area (Å²) in [4.78, 5) is 10.8. The van der Waals surface area contributed by atoms with Gasteiger partial charge in [0.1, 0.15) is 12.2 Å². The molecule has 3 atom stereocenters. The lowest BCUT2D eigenvalue weighted by Gasteiger charge is -2.14. The molecular weight excluding hydrogens is 148 g/mol. The van der Waals surface area contributed by atoms with Gasteiger partial charge in [-0.05, 0) is 6.42 Å². The summed E-state index contributed by atoms with van der Waals surface area (Å²) in [6.45, 7) is 1.88. The van der Waals surface area contributed by atoms with E-state index in [1.807, 2.05) is 6.92 Å². The fourth-order valence-corrected chi connectivity index (χ4v) is 1.22. The molecular formula is C7H12O4. The van der Waals surface area contributed by atoms with Crippen LogP contribution in [0.4, 0.5) is 0 Å². The van der Waals surface area contributed by atoms with E-state index >= 15 is 0 Å². The van der Waals surface area contributed by atoms with E-state index in [0.29, 0.717) is 6.42 Å². The van der Waals surface area contributed by atoms with Crippen molar-refractivity contribution in [2.45, 2.75) is 31.7 Å². The maximum Gasteiger partial charge on any atom is 0.338 e. The van der Waals surface area contributed by atoms with Gasteiger partial charge in [-0.2, -0.15) is 0 Å². The lowest BCUT2D eigenvalue weighted by atomic mass is 10.1. The summed E-state index contributed by atoms with van der Waals surface area (Å²) >= 11 is 0. The molecule has 1 aliphatic rings. The van der Waals surface area contributed by atoms with Crippen molar-refractivity contribution in [2.75, 3.05) is 7.11 Å². The average molecular weight is 160 g/mol. The Bertz CT molecular complexity index is 157. The highest BCUT2D eigenvalue weighted by Crippen LogP contribution is 2.20. The number of carbonyl (C=O) groups is 1. The van der Waals surface area contributed by atoms with Crippen molar-refractivity contribution in [3.05, 3.63) is 0 Å². The van der Waals surface area contributed by atoms with Crippen molar-refractivity contribution >= 4 is 5.97 Å². The molecule has 1 heterocycles. The van der Waals surface area contributed by atoms with E-state index in [0.717, 1.165) is 0 Å². The first kappa shape index (κ1) is 8.49. The van der Waals surface area contributed by atoms with Crippen molar-refractivity contribution < 1.29 is 19.4 Å². The molecule has 4 heteroatoms. The second kappa shape index (κ2) is 3.19. The van der Waals surface area contributed by atoms with Gasteiger partial charge < -0.3 is 14.6 Å². The maximum atomic E-state index is 10.8. The monoisotopic (exact) mass is 160 g/mol. The molecule has 1 fully saturated rings. The molecule has 0 aromatic carbocycles. The van der Waals surface area contributed by atoms with Crippen LogP contribution in [-0.4, -0.2) is 36.5 Å². The zero-order valence-corrected chi connectivity index (χ0v) is 6.61. The summed E-state index contributed by atoms with van der Waals surface area (Å²) in [5.74, 6) is -0.580. The molecule has 1 aliphatic heterocycles. The van der Waals surface area contributed by atoms with Gasteiger partial charge in [0.25, 0.3) is 0 Å². The minimum atomic E-state index is -1.11. The largest absolute Gasteiger partial charge is 0.457 e. The Morgan fingerprint density at radius 1 is 1.73 bits per heavy atom. The van der Waals surface area contributed by atoms with Gasteiger partial charge in [-0.1, -0.05) is 6.92 Å². The van der Waals surface area contributed by atoms with E-state index in [9.17, 15) is 4.79 Å². The van der Waals surface area contributed by atoms with Crippen LogP contribution in [0, 0.1) is 0 Å². The summed E-state index contributed by atoms with van der Waals surface area (Å²) in [5, 5.41) is 9.16. The molecule has 0 aromatic heterocycles. The lowest BCUT2D eigenvalue weighted by molar-refractivity contribution is -0.147. The van der Waals surface area contributed by atoms with Gasteiger partial charge in [0.15, 0.2) is 6.10 Å². The van der Waals surface area contributed by atoms with Crippen LogP contribution in [0.2, 0.25) is 0 Å². The number of aliphatic hydroxyl groups excluding tert-OH is 1. The summed E-state index contributed by atoms with van der Waals surface area (Å²) in [7, 11) is 1.46. The van der Waals surface area contributed by atoms with E-state index in [2.05, 4.69) is 0 Å². The predicted octanol–water partition coefficient (Wildman–Crippen LogP) is -0.302. The summed E-state index contributed by atoms with van der Waals surface area (Å²) in [5.41, 5.74) is 0. The number of cyclic esters (lactones) is 1. The van der Waals surface area contributed by atoms with Gasteiger partial charge in [-0.25, -0.2) is 4.79 Å². The quantitative estimate of drug-likeness (QED) is 0.563. The number of methoxy groups -OCH3 is 1. The molecule has 0 saturated carbocycles. The van der Waals surface area contributed by atoms with E-state index in [4.69, 9.17) is 14.6 Å². The van der Waals surface area contributed by atoms with Crippen molar-refractivity contribution in [3.63, 3.8) is 0 Å². The van der Waals surface area contributed by atoms with Crippen molar-refractivity contribution in [3.8, 4) is 0 Å². The Hall–Kier alpha value is -0.610. The third kappa shape index (κ3) is 1.36. The van der Waals surface area contributed by atoms with Crippen molar-refractivity contribution in [2.24, 2.45) is 0 Å². The first-order valence-electron chi connectivity index (χ1n) is 3.62. The van der Waals surface area contributed by atoms with Gasteiger partial charge in [-0.3, -0.25) is 0 Å². The van der Waals surface area contributed by atoms with Crippen LogP contribution in [0.1, 0.15) is 13.3 Å². The molecule has 1 N–H and O–H groups in total. The van der Waals surface area contributed by atoms with Crippen LogP contribution in [0.3, 0.4) is 0 Å². The normalized spacial score (nSPS) is 37.4. The predicted molar refractivity (Wildman–Crippen MR) is 37.0 cm³/mol. The van der Waals surface area contributed by atoms with Crippen LogP contribution < -0.4 is 0 Å². The second-order valence-electron chi connectivity index (χ2n) is 2.53. The van der Waals surface area contributed by atoms with E-state index in [1.54, 1.807) is 0 Å². The minimum absolute atomic E-state index is 0.289. The number of esters is 1. The molecule has 0 radical (unpaired) electrons. The standard InChI is InChI=1S/C7H12O4/c1-3-4-6(10-2)5(8)7(9)11-4/h4-6,8H,3H2,1-2H3/t4-,5-,6+/m1/s1. The molecule has 0 bridgehead atoms. The molecule has 11 heavy (non-hydrogen) atoms. The molecule has 0 aromatic rings. The molecule has 1 rings (SSSR count). The third-order valence-electron chi connectivity index (χ3n) is 1.86. The SMILES string of the molecule is CC[C@H]1OC(=O)[C@H](O)[C@H]1OC. The van der Waals surface area contributed by atoms with Crippen LogP contribution in [-0.2, 0) is 14.3 Å². The smallest absolute Gasteiger partial charge is 0.338 e. The highest BCUT2D eigenvalue weighted by molar-refractivity contribution is 5.77. The van der Waals surface area contributed by atoms with Gasteiger partial charge in [0.2, 0.25) is 0 Å². The van der Waals surface area contributed by atoms with E-state index < -0.39 is 18.2 Å². The average Bonchev–Trinajstić information content (AvgIpc) is 2.28. The zero-order valence-electron chi connectivity index (χ0n) is 6.61. The number of carbonyl (C=O) groups excluding carboxylic acids is 1. The minimum Gasteiger partial charge on any atom is -0.457 e. The number of hydrogen-bond acceptors (Lipinski definition) is 4. The highest BCUT2D eigenvalue weighted by Gasteiger charge is 2.42. The zero-order chi connectivity index (χ0) is 8.43. The van der Waals surface area contributed by atoms with Gasteiger partial charge in [0, 0.05) is 7.11 Å². The van der Waals surface area contributed by atoms with E-state index in [-0.39, 0.29) is 6.10 Å². The lowest BCUT2D eigenvalue weighted by Crippen LogP contribution is -2.32. The fraction of sp³-hybridized carbons (Fsp3) is 0.857. The molecule has 64 valence electrons. The van der Waals surface area contributed by atoms with Gasteiger partial charge in [0.05, 0.1) is 0 Å². The first-order valence-corrected chi connectivity index (χ1v) is 3.62. The maximum absolute atomic E-state index is 10.8. The number of aliphatic hydroxyl groups is 1. The fourth-order valence-electron chi connectivity index (χ4n) is 1.22. The topological polar surface area (TPSA) is 55.8 Å². The molecule has 0 aliphatic carbocycles. The van der Waals surface area contributed by atoms with Gasteiger partial charge >= 0.3 is 5.97 Å². The summed E-state index contributed by atoms with van der Waals surface area (Å²) < 4.78 is 9.71. The van der Waals surface area contributed by atoms with E-state index in [1.165, 1.54) is 7.11 Å². The number of rotatable bonds is 2. The Balaban J connectivity index is 2.64. The summed E-state index contributed by atoms with van der Waals surface area (Å²) in [6.07, 6.45) is -1.22. The molecule has 4 nitrogen and oxygen atoms in total. The Morgan fingerprint density at radius 2 is 2.36 bits per heavy atom. The van der Waals surface area contributed by atoms with Crippen molar-refractivity contribution in [1.29, 1.82) is 0 Å². The van der Waals surface area contributed by atoms with Crippen molar-refractivity contribution in [1.82, 2.24) is 0 Å². The number of hydrogen-bond donors (Lipinski definition) is 1. The Labute approximate surface area is 65.1 Å². The Morgan fingerprint density at radius 3 is 2.73 bits per heavy atom. The highest BCUT2D eigenvalue weighted by atomic mass is 16.6. The molecule has 0 unspecified atom stereocenters. The molecule has 0 spiro atoms. The van der Waals surface area contributed by atoms with Crippen LogP contribution in [0.5, 0.6) is 0 Å². The van der Waals surface area contributed by atoms with Crippen LogP contribution in [0.25, 0.3) is 0 Å². The first-order chi connectivity index (χ1) is 5.20. The number of ether oxygens (including phenoxy) is 2. The second-order valence-corrected chi connectivity index (χ2v) is 2.53. The van der Waals surface area contributed by atoms with Gasteiger partial charge in [-0.15, -0.1) is 0 Å². The van der Waals surface area contributed by atoms with Crippen LogP contribution >= 0.6 is 0 Å². The third-order valence-corrected chi connectivity index (χ3v) is 1.86. The molecule has 1 saturated heterocycles. The Kier molecular flexibility index (Phi) is 2.46. The van der Waals surface area contributed by atoms with Crippen LogP contribution in [0.15, 0.2) is 0 Å². The summed E-state index contributed by atoms with van der Waals surface area (Å²) in [6, 6.07) is 0.